The predicted octanol–water partition coefficient (Wildman–Crippen LogP) is 5.79. The molecule has 0 radical (unpaired) electrons. The van der Waals surface area contributed by atoms with E-state index in [2.05, 4.69) is 0 Å². The molecule has 35 heavy (non-hydrogen) atoms. The molecule has 3 atom stereocenters. The Bertz CT molecular complexity index is 1180. The summed E-state index contributed by atoms with van der Waals surface area (Å²) in [6.07, 6.45) is 4.65. The van der Waals surface area contributed by atoms with Crippen molar-refractivity contribution in [3.63, 3.8) is 0 Å². The number of halogens is 1. The van der Waals surface area contributed by atoms with Crippen LogP contribution >= 0.6 is 20.2 Å². The van der Waals surface area contributed by atoms with Gasteiger partial charge in [-0.3, -0.25) is 0 Å². The van der Waals surface area contributed by atoms with E-state index in [1.54, 1.807) is 0 Å². The first-order valence-corrected chi connectivity index (χ1v) is 16.9. The zero-order chi connectivity index (χ0) is 24.7. The Morgan fingerprint density at radius 1 is 1.03 bits per heavy atom. The van der Waals surface area contributed by atoms with E-state index in [0.717, 1.165) is 32.8 Å². The number of benzene rings is 2. The SMILES string of the molecule is CC1(C)C2CCC1(CS(=O)(=O)OI(c1ccccc1)c1cccc(OC3CCCCO3)c1)C(=O)C2. The number of fused-ring (bicyclic) bond motifs is 2. The van der Waals surface area contributed by atoms with Crippen molar-refractivity contribution in [2.75, 3.05) is 12.4 Å². The number of carbonyl (C=O) groups excluding carboxylic acids is 1. The van der Waals surface area contributed by atoms with Crippen LogP contribution in [0.2, 0.25) is 0 Å². The Labute approximate surface area is 215 Å². The Balaban J connectivity index is 1.43. The third-order valence-electron chi connectivity index (χ3n) is 8.05. The van der Waals surface area contributed by atoms with E-state index < -0.39 is 35.8 Å². The van der Waals surface area contributed by atoms with Gasteiger partial charge in [0.05, 0.1) is 0 Å². The predicted molar refractivity (Wildman–Crippen MR) is 142 cm³/mol. The molecule has 0 amide bonds. The molecule has 8 heteroatoms. The van der Waals surface area contributed by atoms with Crippen LogP contribution in [-0.4, -0.2) is 32.9 Å². The zero-order valence-corrected chi connectivity index (χ0v) is 23.2. The molecule has 0 spiro atoms. The minimum absolute atomic E-state index is 0.0777. The minimum atomic E-state index is -3.97. The monoisotopic (exact) mass is 612 g/mol. The Morgan fingerprint density at radius 3 is 2.46 bits per heavy atom. The first kappa shape index (κ1) is 25.2. The molecule has 2 aliphatic carbocycles. The normalized spacial score (nSPS) is 28.2. The number of Topliss-reactive ketones (excluding diaryl/α,β-unsaturated/α-hetero) is 1. The number of ether oxygens (including phenoxy) is 2. The van der Waals surface area contributed by atoms with Crippen LogP contribution in [0.25, 0.3) is 0 Å². The van der Waals surface area contributed by atoms with Gasteiger partial charge < -0.3 is 0 Å². The Kier molecular flexibility index (Phi) is 7.02. The third kappa shape index (κ3) is 4.91. The van der Waals surface area contributed by atoms with E-state index in [9.17, 15) is 13.2 Å². The van der Waals surface area contributed by atoms with E-state index in [-0.39, 0.29) is 29.2 Å². The summed E-state index contributed by atoms with van der Waals surface area (Å²) in [5.74, 6) is 0.742. The molecule has 1 aliphatic heterocycles. The van der Waals surface area contributed by atoms with Gasteiger partial charge in [0, 0.05) is 0 Å². The second-order valence-electron chi connectivity index (χ2n) is 10.3. The summed E-state index contributed by atoms with van der Waals surface area (Å²) in [4.78, 5) is 13.0. The fourth-order valence-electron chi connectivity index (χ4n) is 5.86. The van der Waals surface area contributed by atoms with Crippen LogP contribution in [0.15, 0.2) is 54.6 Å². The van der Waals surface area contributed by atoms with Crippen molar-refractivity contribution in [3.05, 3.63) is 61.7 Å². The molecule has 3 unspecified atom stereocenters. The van der Waals surface area contributed by atoms with Gasteiger partial charge in [0.1, 0.15) is 0 Å². The van der Waals surface area contributed by atoms with Gasteiger partial charge in [0.2, 0.25) is 0 Å². The third-order valence-corrected chi connectivity index (χ3v) is 15.6. The quantitative estimate of drug-likeness (QED) is 0.351. The van der Waals surface area contributed by atoms with Crippen LogP contribution < -0.4 is 4.74 Å². The summed E-state index contributed by atoms with van der Waals surface area (Å²) in [6.45, 7) is 4.78. The van der Waals surface area contributed by atoms with Gasteiger partial charge in [0.25, 0.3) is 0 Å². The van der Waals surface area contributed by atoms with Gasteiger partial charge in [0.15, 0.2) is 0 Å². The first-order valence-electron chi connectivity index (χ1n) is 12.3. The molecule has 2 aromatic carbocycles. The zero-order valence-electron chi connectivity index (χ0n) is 20.2. The molecular weight excluding hydrogens is 579 g/mol. The summed E-state index contributed by atoms with van der Waals surface area (Å²) in [7, 11) is -3.97. The Morgan fingerprint density at radius 2 is 1.80 bits per heavy atom. The maximum atomic E-state index is 13.6. The summed E-state index contributed by atoms with van der Waals surface area (Å²) < 4.78 is 46.7. The molecule has 2 bridgehead atoms. The molecule has 1 heterocycles. The first-order chi connectivity index (χ1) is 16.7. The average Bonchev–Trinajstić information content (AvgIpc) is 3.18. The molecule has 2 aromatic rings. The average molecular weight is 613 g/mol. The Hall–Kier alpha value is -1.49. The van der Waals surface area contributed by atoms with E-state index >= 15 is 0 Å². The van der Waals surface area contributed by atoms with Gasteiger partial charge in [-0.15, -0.1) is 0 Å². The van der Waals surface area contributed by atoms with Gasteiger partial charge >= 0.3 is 217 Å². The maximum absolute atomic E-state index is 13.6. The second kappa shape index (κ2) is 9.76. The fraction of sp³-hybridized carbons (Fsp3) is 0.519. The van der Waals surface area contributed by atoms with E-state index in [0.29, 0.717) is 25.2 Å². The van der Waals surface area contributed by atoms with E-state index in [1.165, 1.54) is 0 Å². The molecule has 3 fully saturated rings. The summed E-state index contributed by atoms with van der Waals surface area (Å²) in [5, 5.41) is 0. The van der Waals surface area contributed by atoms with E-state index in [1.807, 2.05) is 68.4 Å². The molecule has 3 aliphatic rings. The molecule has 2 saturated carbocycles. The second-order valence-corrected chi connectivity index (χ2v) is 16.9. The van der Waals surface area contributed by atoms with Crippen molar-refractivity contribution in [1.29, 1.82) is 0 Å². The van der Waals surface area contributed by atoms with Crippen molar-refractivity contribution in [3.8, 4) is 5.75 Å². The number of hydrogen-bond acceptors (Lipinski definition) is 6. The van der Waals surface area contributed by atoms with Crippen LogP contribution in [0.1, 0.15) is 52.4 Å². The summed E-state index contributed by atoms with van der Waals surface area (Å²) in [5.41, 5.74) is -1.18. The van der Waals surface area contributed by atoms with Gasteiger partial charge in [-0.1, -0.05) is 0 Å². The molecule has 1 saturated heterocycles. The topological polar surface area (TPSA) is 78.9 Å². The number of ketones is 1. The standard InChI is InChI=1S/C27H33IO6S/c1-26(2)20-14-15-27(26,24(29)17-20)19-35(30,31)34-28(21-9-4-3-5-10-21)22-11-8-12-23(18-22)33-25-13-6-7-16-32-25/h3-5,8-12,18,20,25H,6-7,13-17,19H2,1-2H3. The molecule has 5 rings (SSSR count). The van der Waals surface area contributed by atoms with E-state index in [4.69, 9.17) is 12.0 Å². The number of rotatable bonds is 8. The van der Waals surface area contributed by atoms with Crippen molar-refractivity contribution in [1.82, 2.24) is 0 Å². The number of hydrogen-bond donors (Lipinski definition) is 0. The van der Waals surface area contributed by atoms with Crippen LogP contribution in [0.3, 0.4) is 0 Å². The van der Waals surface area contributed by atoms with Crippen LogP contribution in [0, 0.1) is 23.9 Å². The van der Waals surface area contributed by atoms with Crippen LogP contribution in [0.4, 0.5) is 0 Å². The van der Waals surface area contributed by atoms with Gasteiger partial charge in [-0.25, -0.2) is 0 Å². The van der Waals surface area contributed by atoms with Gasteiger partial charge in [-0.05, 0) is 0 Å². The summed E-state index contributed by atoms with van der Waals surface area (Å²) in [6, 6.07) is 17.1. The number of carbonyl (C=O) groups is 1. The van der Waals surface area contributed by atoms with Crippen molar-refractivity contribution < 1.29 is 25.2 Å². The van der Waals surface area contributed by atoms with Crippen LogP contribution in [0.5, 0.6) is 5.75 Å². The molecule has 190 valence electrons. The van der Waals surface area contributed by atoms with Crippen molar-refractivity contribution >= 4 is 36.1 Å². The van der Waals surface area contributed by atoms with Gasteiger partial charge in [-0.2, -0.15) is 0 Å². The van der Waals surface area contributed by atoms with Crippen LogP contribution in [-0.2, 0) is 22.2 Å². The molecule has 0 aromatic heterocycles. The van der Waals surface area contributed by atoms with Crippen molar-refractivity contribution in [2.24, 2.45) is 16.7 Å². The molecule has 6 nitrogen and oxygen atoms in total. The molecular formula is C27H33IO6S. The fourth-order valence-corrected chi connectivity index (χ4v) is 13.7. The molecule has 0 N–H and O–H groups in total. The van der Waals surface area contributed by atoms with Crippen molar-refractivity contribution in [2.45, 2.75) is 58.7 Å². The summed E-state index contributed by atoms with van der Waals surface area (Å²) >= 11 is -2.86.